The van der Waals surface area contributed by atoms with Crippen LogP contribution in [0.5, 0.6) is 0 Å². The molecule has 8 N–H and O–H groups in total. The molecule has 0 fully saturated rings. The summed E-state index contributed by atoms with van der Waals surface area (Å²) in [6, 6.07) is -0.779. The molecule has 8 heteroatoms. The van der Waals surface area contributed by atoms with Gasteiger partial charge < -0.3 is 27.6 Å². The molecule has 0 aliphatic heterocycles. The van der Waals surface area contributed by atoms with Gasteiger partial charge in [-0.1, -0.05) is 0 Å². The summed E-state index contributed by atoms with van der Waals surface area (Å²) < 4.78 is 0. The highest BCUT2D eigenvalue weighted by atomic mass is 16.4. The lowest BCUT2D eigenvalue weighted by Gasteiger charge is -2.10. The lowest BCUT2D eigenvalue weighted by Crippen LogP contribution is -2.41. The standard InChI is InChI=1S/C10H21N5O3/c11-7(3-4-8(16)17)9(18)14-5-1-2-6-15-10(12)13/h7H,1-6,11H2,(H,14,18)(H,16,17)(H4,12,13,15)/t7-/m0/s1. The first-order chi connectivity index (χ1) is 8.43. The first kappa shape index (κ1) is 16.2. The predicted molar refractivity (Wildman–Crippen MR) is 67.8 cm³/mol. The molecule has 0 aliphatic carbocycles. The van der Waals surface area contributed by atoms with Crippen LogP contribution in [-0.2, 0) is 9.59 Å². The van der Waals surface area contributed by atoms with Gasteiger partial charge in [0.25, 0.3) is 0 Å². The first-order valence-electron chi connectivity index (χ1n) is 5.74. The smallest absolute Gasteiger partial charge is 0.303 e. The number of carboxylic acid groups (broad SMARTS) is 1. The topological polar surface area (TPSA) is 157 Å². The highest BCUT2D eigenvalue weighted by Crippen LogP contribution is 1.95. The van der Waals surface area contributed by atoms with Crippen molar-refractivity contribution in [1.29, 1.82) is 0 Å². The Hall–Kier alpha value is -1.83. The number of hydrogen-bond donors (Lipinski definition) is 5. The number of rotatable bonds is 9. The molecule has 0 aliphatic rings. The lowest BCUT2D eigenvalue weighted by molar-refractivity contribution is -0.137. The van der Waals surface area contributed by atoms with E-state index in [1.54, 1.807) is 0 Å². The number of carboxylic acids is 1. The van der Waals surface area contributed by atoms with Gasteiger partial charge in [-0.2, -0.15) is 0 Å². The van der Waals surface area contributed by atoms with Crippen LogP contribution in [0.25, 0.3) is 0 Å². The van der Waals surface area contributed by atoms with Crippen LogP contribution in [0.15, 0.2) is 4.99 Å². The van der Waals surface area contributed by atoms with Crippen molar-refractivity contribution in [1.82, 2.24) is 5.32 Å². The number of guanidine groups is 1. The van der Waals surface area contributed by atoms with E-state index in [4.69, 9.17) is 22.3 Å². The molecule has 1 atom stereocenters. The molecule has 0 saturated heterocycles. The van der Waals surface area contributed by atoms with Crippen molar-refractivity contribution in [2.24, 2.45) is 22.2 Å². The number of carbonyl (C=O) groups excluding carboxylic acids is 1. The van der Waals surface area contributed by atoms with E-state index in [0.717, 1.165) is 12.8 Å². The van der Waals surface area contributed by atoms with Crippen molar-refractivity contribution >= 4 is 17.8 Å². The van der Waals surface area contributed by atoms with E-state index in [0.29, 0.717) is 13.1 Å². The predicted octanol–water partition coefficient (Wildman–Crippen LogP) is -1.65. The zero-order chi connectivity index (χ0) is 14.0. The minimum atomic E-state index is -0.963. The number of nitrogens with two attached hydrogens (primary N) is 3. The summed E-state index contributed by atoms with van der Waals surface area (Å²) in [5.74, 6) is -1.25. The zero-order valence-corrected chi connectivity index (χ0v) is 10.3. The third kappa shape index (κ3) is 9.40. The summed E-state index contributed by atoms with van der Waals surface area (Å²) in [4.78, 5) is 25.5. The molecule has 18 heavy (non-hydrogen) atoms. The Kier molecular flexibility index (Phi) is 8.29. The maximum atomic E-state index is 11.4. The van der Waals surface area contributed by atoms with E-state index >= 15 is 0 Å². The maximum Gasteiger partial charge on any atom is 0.303 e. The second-order valence-electron chi connectivity index (χ2n) is 3.84. The van der Waals surface area contributed by atoms with Crippen molar-refractivity contribution < 1.29 is 14.7 Å². The van der Waals surface area contributed by atoms with Gasteiger partial charge in [-0.05, 0) is 19.3 Å². The second kappa shape index (κ2) is 9.23. The largest absolute Gasteiger partial charge is 0.481 e. The van der Waals surface area contributed by atoms with E-state index in [1.165, 1.54) is 0 Å². The SMILES string of the molecule is NC(N)=NCCCCNC(=O)[C@@H](N)CCC(=O)O. The molecule has 0 saturated carbocycles. The Morgan fingerprint density at radius 1 is 1.28 bits per heavy atom. The van der Waals surface area contributed by atoms with Crippen molar-refractivity contribution in [2.75, 3.05) is 13.1 Å². The number of hydrogen-bond acceptors (Lipinski definition) is 4. The maximum absolute atomic E-state index is 11.4. The van der Waals surface area contributed by atoms with Crippen LogP contribution in [0, 0.1) is 0 Å². The molecule has 0 aromatic heterocycles. The Balaban J connectivity index is 3.58. The molecular formula is C10H21N5O3. The van der Waals surface area contributed by atoms with Gasteiger partial charge in [0.1, 0.15) is 0 Å². The molecule has 0 radical (unpaired) electrons. The van der Waals surface area contributed by atoms with Crippen LogP contribution in [0.1, 0.15) is 25.7 Å². The number of nitrogens with zero attached hydrogens (tertiary/aromatic N) is 1. The molecule has 0 spiro atoms. The van der Waals surface area contributed by atoms with Gasteiger partial charge in [0, 0.05) is 19.5 Å². The number of aliphatic imine (C=N–C) groups is 1. The summed E-state index contributed by atoms with van der Waals surface area (Å²) in [6.45, 7) is 0.989. The molecule has 0 heterocycles. The van der Waals surface area contributed by atoms with Crippen LogP contribution in [0.4, 0.5) is 0 Å². The van der Waals surface area contributed by atoms with Gasteiger partial charge in [0.05, 0.1) is 6.04 Å². The number of unbranched alkanes of at least 4 members (excludes halogenated alkanes) is 1. The minimum absolute atomic E-state index is 0.0507. The highest BCUT2D eigenvalue weighted by molar-refractivity contribution is 5.82. The van der Waals surface area contributed by atoms with Crippen LogP contribution < -0.4 is 22.5 Å². The van der Waals surface area contributed by atoms with Gasteiger partial charge in [-0.3, -0.25) is 14.6 Å². The summed E-state index contributed by atoms with van der Waals surface area (Å²) in [5.41, 5.74) is 15.8. The summed E-state index contributed by atoms with van der Waals surface area (Å²) in [6.07, 6.45) is 1.50. The van der Waals surface area contributed by atoms with Crippen LogP contribution in [-0.4, -0.2) is 42.1 Å². The second-order valence-corrected chi connectivity index (χ2v) is 3.84. The Bertz CT molecular complexity index is 302. The monoisotopic (exact) mass is 259 g/mol. The third-order valence-electron chi connectivity index (χ3n) is 2.18. The summed E-state index contributed by atoms with van der Waals surface area (Å²) in [5, 5.41) is 11.1. The first-order valence-corrected chi connectivity index (χ1v) is 5.74. The molecule has 0 unspecified atom stereocenters. The number of nitrogens with one attached hydrogen (secondary N) is 1. The molecule has 0 rings (SSSR count). The van der Waals surface area contributed by atoms with Gasteiger partial charge in [-0.15, -0.1) is 0 Å². The summed E-state index contributed by atoms with van der Waals surface area (Å²) >= 11 is 0. The van der Waals surface area contributed by atoms with Gasteiger partial charge in [0.15, 0.2) is 5.96 Å². The highest BCUT2D eigenvalue weighted by Gasteiger charge is 2.13. The Labute approximate surface area is 106 Å². The number of amides is 1. The van der Waals surface area contributed by atoms with Gasteiger partial charge in [-0.25, -0.2) is 0 Å². The van der Waals surface area contributed by atoms with E-state index in [9.17, 15) is 9.59 Å². The lowest BCUT2D eigenvalue weighted by atomic mass is 10.1. The molecule has 8 nitrogen and oxygen atoms in total. The Morgan fingerprint density at radius 3 is 2.50 bits per heavy atom. The molecule has 104 valence electrons. The van der Waals surface area contributed by atoms with Crippen LogP contribution in [0.2, 0.25) is 0 Å². The van der Waals surface area contributed by atoms with Crippen LogP contribution >= 0.6 is 0 Å². The number of aliphatic carboxylic acids is 1. The van der Waals surface area contributed by atoms with Gasteiger partial charge in [0.2, 0.25) is 5.91 Å². The Morgan fingerprint density at radius 2 is 1.94 bits per heavy atom. The normalized spacial score (nSPS) is 11.6. The van der Waals surface area contributed by atoms with Crippen molar-refractivity contribution in [3.63, 3.8) is 0 Å². The minimum Gasteiger partial charge on any atom is -0.481 e. The summed E-state index contributed by atoms with van der Waals surface area (Å²) in [7, 11) is 0. The molecule has 1 amide bonds. The average molecular weight is 259 g/mol. The molecule has 0 bridgehead atoms. The fourth-order valence-corrected chi connectivity index (χ4v) is 1.20. The fourth-order valence-electron chi connectivity index (χ4n) is 1.20. The third-order valence-corrected chi connectivity index (χ3v) is 2.18. The van der Waals surface area contributed by atoms with Crippen molar-refractivity contribution in [3.8, 4) is 0 Å². The fraction of sp³-hybridized carbons (Fsp3) is 0.700. The van der Waals surface area contributed by atoms with E-state index in [-0.39, 0.29) is 24.7 Å². The molecule has 0 aromatic carbocycles. The van der Waals surface area contributed by atoms with Gasteiger partial charge >= 0.3 is 5.97 Å². The number of carbonyl (C=O) groups is 2. The average Bonchev–Trinajstić information content (AvgIpc) is 2.29. The van der Waals surface area contributed by atoms with Crippen molar-refractivity contribution in [2.45, 2.75) is 31.7 Å². The zero-order valence-electron chi connectivity index (χ0n) is 10.3. The van der Waals surface area contributed by atoms with E-state index in [2.05, 4.69) is 10.3 Å². The van der Waals surface area contributed by atoms with E-state index < -0.39 is 12.0 Å². The van der Waals surface area contributed by atoms with Crippen molar-refractivity contribution in [3.05, 3.63) is 0 Å². The van der Waals surface area contributed by atoms with Crippen LogP contribution in [0.3, 0.4) is 0 Å². The van der Waals surface area contributed by atoms with E-state index in [1.807, 2.05) is 0 Å². The molecule has 0 aromatic rings. The molecular weight excluding hydrogens is 238 g/mol. The quantitative estimate of drug-likeness (QED) is 0.189.